The van der Waals surface area contributed by atoms with Crippen LogP contribution in [-0.4, -0.2) is 38.9 Å². The molecule has 0 aliphatic carbocycles. The maximum absolute atomic E-state index is 11.7. The predicted octanol–water partition coefficient (Wildman–Crippen LogP) is 0.460. The van der Waals surface area contributed by atoms with E-state index >= 15 is 0 Å². The van der Waals surface area contributed by atoms with Gasteiger partial charge in [-0.1, -0.05) is 17.7 Å². The van der Waals surface area contributed by atoms with Gasteiger partial charge in [-0.2, -0.15) is 8.42 Å². The molecule has 94 valence electrons. The highest BCUT2D eigenvalue weighted by atomic mass is 32.2. The highest BCUT2D eigenvalue weighted by molar-refractivity contribution is 7.86. The number of aliphatic hydroxyl groups is 1. The van der Waals surface area contributed by atoms with Crippen molar-refractivity contribution in [2.75, 3.05) is 13.2 Å². The van der Waals surface area contributed by atoms with Crippen LogP contribution in [0.1, 0.15) is 5.56 Å². The van der Waals surface area contributed by atoms with E-state index in [9.17, 15) is 13.5 Å². The Bertz CT molecular complexity index is 475. The second kappa shape index (κ2) is 4.73. The van der Waals surface area contributed by atoms with Gasteiger partial charge in [-0.15, -0.1) is 0 Å². The molecule has 5 nitrogen and oxygen atoms in total. The summed E-state index contributed by atoms with van der Waals surface area (Å²) >= 11 is 0. The van der Waals surface area contributed by atoms with E-state index in [4.69, 9.17) is 8.92 Å². The molecule has 6 heteroatoms. The highest BCUT2D eigenvalue weighted by Crippen LogP contribution is 2.17. The van der Waals surface area contributed by atoms with E-state index in [1.165, 1.54) is 12.1 Å². The molecule has 1 aliphatic rings. The minimum Gasteiger partial charge on any atom is -0.388 e. The number of aryl methyl sites for hydroxylation is 1. The molecule has 0 amide bonds. The SMILES string of the molecule is Cc1ccc(S(=O)(=O)OC[C@@H](O)[C@@H]2CO2)cc1. The maximum Gasteiger partial charge on any atom is 0.297 e. The summed E-state index contributed by atoms with van der Waals surface area (Å²) in [5, 5.41) is 9.43. The molecule has 0 unspecified atom stereocenters. The molecule has 0 saturated carbocycles. The number of ether oxygens (including phenoxy) is 1. The quantitative estimate of drug-likeness (QED) is 0.613. The highest BCUT2D eigenvalue weighted by Gasteiger charge is 2.32. The molecular weight excluding hydrogens is 244 g/mol. The van der Waals surface area contributed by atoms with Crippen molar-refractivity contribution < 1.29 is 22.4 Å². The van der Waals surface area contributed by atoms with Crippen LogP contribution in [0, 0.1) is 6.92 Å². The van der Waals surface area contributed by atoms with E-state index in [0.717, 1.165) is 5.56 Å². The van der Waals surface area contributed by atoms with Crippen molar-refractivity contribution in [3.05, 3.63) is 29.8 Å². The van der Waals surface area contributed by atoms with Gasteiger partial charge in [0.25, 0.3) is 10.1 Å². The van der Waals surface area contributed by atoms with Crippen molar-refractivity contribution in [1.29, 1.82) is 0 Å². The molecule has 1 N–H and O–H groups in total. The van der Waals surface area contributed by atoms with Crippen molar-refractivity contribution in [3.8, 4) is 0 Å². The summed E-state index contributed by atoms with van der Waals surface area (Å²) in [6, 6.07) is 6.34. The number of epoxide rings is 1. The smallest absolute Gasteiger partial charge is 0.297 e. The fourth-order valence-corrected chi connectivity index (χ4v) is 2.24. The molecule has 1 fully saturated rings. The van der Waals surface area contributed by atoms with Crippen LogP contribution >= 0.6 is 0 Å². The summed E-state index contributed by atoms with van der Waals surface area (Å²) in [6.45, 7) is 2.04. The van der Waals surface area contributed by atoms with Gasteiger partial charge >= 0.3 is 0 Å². The molecule has 0 radical (unpaired) electrons. The van der Waals surface area contributed by atoms with Crippen molar-refractivity contribution >= 4 is 10.1 Å². The lowest BCUT2D eigenvalue weighted by molar-refractivity contribution is 0.0835. The Morgan fingerprint density at radius 2 is 2.06 bits per heavy atom. The normalized spacial score (nSPS) is 21.2. The predicted molar refractivity (Wildman–Crippen MR) is 60.1 cm³/mol. The van der Waals surface area contributed by atoms with Crippen molar-refractivity contribution in [2.45, 2.75) is 24.0 Å². The molecule has 17 heavy (non-hydrogen) atoms. The van der Waals surface area contributed by atoms with Gasteiger partial charge in [-0.3, -0.25) is 4.18 Å². The molecule has 1 aliphatic heterocycles. The van der Waals surface area contributed by atoms with Gasteiger partial charge in [0.1, 0.15) is 12.2 Å². The van der Waals surface area contributed by atoms with Crippen molar-refractivity contribution in [2.24, 2.45) is 0 Å². The number of rotatable bonds is 5. The second-order valence-electron chi connectivity index (χ2n) is 3.99. The van der Waals surface area contributed by atoms with Gasteiger partial charge < -0.3 is 9.84 Å². The summed E-state index contributed by atoms with van der Waals surface area (Å²) in [5.74, 6) is 0. The van der Waals surface area contributed by atoms with Crippen LogP contribution in [0.25, 0.3) is 0 Å². The van der Waals surface area contributed by atoms with Gasteiger partial charge in [0, 0.05) is 0 Å². The van der Waals surface area contributed by atoms with Crippen molar-refractivity contribution in [1.82, 2.24) is 0 Å². The number of benzene rings is 1. The van der Waals surface area contributed by atoms with Crippen LogP contribution in [0.3, 0.4) is 0 Å². The molecule has 1 aromatic carbocycles. The first kappa shape index (κ1) is 12.5. The van der Waals surface area contributed by atoms with Gasteiger partial charge in [0.15, 0.2) is 0 Å². The molecule has 0 aromatic heterocycles. The molecule has 1 saturated heterocycles. The number of hydrogen-bond acceptors (Lipinski definition) is 5. The van der Waals surface area contributed by atoms with Crippen LogP contribution < -0.4 is 0 Å². The van der Waals surface area contributed by atoms with E-state index < -0.39 is 16.2 Å². The molecule has 1 heterocycles. The van der Waals surface area contributed by atoms with E-state index in [1.807, 2.05) is 6.92 Å². The number of hydrogen-bond donors (Lipinski definition) is 1. The van der Waals surface area contributed by atoms with E-state index in [2.05, 4.69) is 0 Å². The molecule has 0 spiro atoms. The first-order chi connectivity index (χ1) is 7.99. The van der Waals surface area contributed by atoms with Crippen LogP contribution in [0.2, 0.25) is 0 Å². The largest absolute Gasteiger partial charge is 0.388 e. The van der Waals surface area contributed by atoms with Crippen LogP contribution in [-0.2, 0) is 19.0 Å². The zero-order chi connectivity index (χ0) is 12.5. The average molecular weight is 258 g/mol. The third kappa shape index (κ3) is 3.26. The lowest BCUT2D eigenvalue weighted by Crippen LogP contribution is -2.23. The lowest BCUT2D eigenvalue weighted by atomic mass is 10.2. The van der Waals surface area contributed by atoms with Gasteiger partial charge in [-0.25, -0.2) is 0 Å². The first-order valence-electron chi connectivity index (χ1n) is 5.25. The molecular formula is C11H14O5S. The fraction of sp³-hybridized carbons (Fsp3) is 0.455. The fourth-order valence-electron chi connectivity index (χ4n) is 1.32. The monoisotopic (exact) mass is 258 g/mol. The Labute approximate surface area is 100 Å². The topological polar surface area (TPSA) is 76.1 Å². The Balaban J connectivity index is 2.00. The minimum absolute atomic E-state index is 0.0898. The molecule has 0 bridgehead atoms. The molecule has 1 aromatic rings. The third-order valence-electron chi connectivity index (χ3n) is 2.49. The van der Waals surface area contributed by atoms with Gasteiger partial charge in [0.05, 0.1) is 18.1 Å². The lowest BCUT2D eigenvalue weighted by Gasteiger charge is -2.09. The van der Waals surface area contributed by atoms with Gasteiger partial charge in [0.2, 0.25) is 0 Å². The summed E-state index contributed by atoms with van der Waals surface area (Å²) in [7, 11) is -3.79. The second-order valence-corrected chi connectivity index (χ2v) is 5.61. The summed E-state index contributed by atoms with van der Waals surface area (Å²) in [5.41, 5.74) is 0.968. The maximum atomic E-state index is 11.7. The molecule has 2 rings (SSSR count). The summed E-state index contributed by atoms with van der Waals surface area (Å²) in [4.78, 5) is 0.0898. The van der Waals surface area contributed by atoms with Crippen LogP contribution in [0.5, 0.6) is 0 Å². The first-order valence-corrected chi connectivity index (χ1v) is 6.65. The Morgan fingerprint density at radius 3 is 2.59 bits per heavy atom. The van der Waals surface area contributed by atoms with Crippen LogP contribution in [0.15, 0.2) is 29.2 Å². The zero-order valence-corrected chi connectivity index (χ0v) is 10.2. The Kier molecular flexibility index (Phi) is 3.48. The number of aliphatic hydroxyl groups excluding tert-OH is 1. The standard InChI is InChI=1S/C11H14O5S/c1-8-2-4-9(5-3-8)17(13,14)16-6-10(12)11-7-15-11/h2-5,10-12H,6-7H2,1H3/t10-,11+/m1/s1. The van der Waals surface area contributed by atoms with Gasteiger partial charge in [-0.05, 0) is 19.1 Å². The third-order valence-corrected chi connectivity index (χ3v) is 3.79. The average Bonchev–Trinajstić information content (AvgIpc) is 3.10. The van der Waals surface area contributed by atoms with E-state index in [-0.39, 0.29) is 17.6 Å². The Morgan fingerprint density at radius 1 is 1.47 bits per heavy atom. The van der Waals surface area contributed by atoms with Crippen LogP contribution in [0.4, 0.5) is 0 Å². The van der Waals surface area contributed by atoms with Crippen molar-refractivity contribution in [3.63, 3.8) is 0 Å². The van der Waals surface area contributed by atoms with E-state index in [1.54, 1.807) is 12.1 Å². The summed E-state index contributed by atoms with van der Waals surface area (Å²) < 4.78 is 33.0. The zero-order valence-electron chi connectivity index (χ0n) is 9.37. The minimum atomic E-state index is -3.79. The summed E-state index contributed by atoms with van der Waals surface area (Å²) in [6.07, 6.45) is -1.18. The van der Waals surface area contributed by atoms with E-state index in [0.29, 0.717) is 6.61 Å². The Hall–Kier alpha value is -0.950. The molecule has 2 atom stereocenters.